The fraction of sp³-hybridized carbons (Fsp3) is 0.143. The van der Waals surface area contributed by atoms with Gasteiger partial charge in [-0.15, -0.1) is 0 Å². The van der Waals surface area contributed by atoms with Gasteiger partial charge in [-0.1, -0.05) is 12.2 Å². The van der Waals surface area contributed by atoms with Gasteiger partial charge in [0, 0.05) is 22.5 Å². The highest BCUT2D eigenvalue weighted by molar-refractivity contribution is 9.10. The summed E-state index contributed by atoms with van der Waals surface area (Å²) in [6.07, 6.45) is 0. The number of carboxylic acids is 1. The van der Waals surface area contributed by atoms with Crippen molar-refractivity contribution < 1.29 is 9.90 Å². The van der Waals surface area contributed by atoms with Crippen LogP contribution in [0.1, 0.15) is 17.3 Å². The van der Waals surface area contributed by atoms with Crippen molar-refractivity contribution in [2.75, 3.05) is 0 Å². The molecule has 1 aromatic heterocycles. The Morgan fingerprint density at radius 1 is 1.42 bits per heavy atom. The maximum atomic E-state index is 11.9. The normalized spacial score (nSPS) is 10.6. The molecule has 1 aromatic carbocycles. The van der Waals surface area contributed by atoms with Gasteiger partial charge in [-0.25, -0.2) is 4.79 Å². The lowest BCUT2D eigenvalue weighted by atomic mass is 10.1. The summed E-state index contributed by atoms with van der Waals surface area (Å²) in [6.45, 7) is 6.05. The molecular formula is C14H12BrNO3. The topological polar surface area (TPSA) is 59.3 Å². The van der Waals surface area contributed by atoms with Crippen LogP contribution in [0.3, 0.4) is 0 Å². The number of nitrogens with zero attached hydrogens (tertiary/aromatic N) is 1. The smallest absolute Gasteiger partial charge is 0.335 e. The summed E-state index contributed by atoms with van der Waals surface area (Å²) in [5.74, 6) is -1.000. The predicted octanol–water partition coefficient (Wildman–Crippen LogP) is 3.04. The summed E-state index contributed by atoms with van der Waals surface area (Å²) in [7, 11) is 0. The number of rotatable bonds is 3. The Morgan fingerprint density at radius 2 is 2.11 bits per heavy atom. The van der Waals surface area contributed by atoms with E-state index in [9.17, 15) is 9.59 Å². The lowest BCUT2D eigenvalue weighted by Gasteiger charge is -2.12. The molecule has 0 saturated heterocycles. The molecule has 0 radical (unpaired) electrons. The number of halogens is 1. The van der Waals surface area contributed by atoms with Gasteiger partial charge in [0.15, 0.2) is 0 Å². The summed E-state index contributed by atoms with van der Waals surface area (Å²) in [4.78, 5) is 22.9. The Hall–Kier alpha value is -1.88. The van der Waals surface area contributed by atoms with Crippen molar-refractivity contribution >= 4 is 32.8 Å². The molecule has 0 spiro atoms. The van der Waals surface area contributed by atoms with Crippen molar-refractivity contribution in [3.8, 4) is 0 Å². The predicted molar refractivity (Wildman–Crippen MR) is 77.7 cm³/mol. The number of benzene rings is 1. The second kappa shape index (κ2) is 5.01. The molecule has 1 N–H and O–H groups in total. The fourth-order valence-corrected chi connectivity index (χ4v) is 2.63. The highest BCUT2D eigenvalue weighted by Gasteiger charge is 2.11. The molecule has 98 valence electrons. The number of pyridine rings is 1. The number of carboxylic acid groups (broad SMARTS) is 1. The van der Waals surface area contributed by atoms with Crippen LogP contribution in [0.4, 0.5) is 0 Å². The van der Waals surface area contributed by atoms with Crippen molar-refractivity contribution in [2.45, 2.75) is 13.5 Å². The molecule has 0 aliphatic carbocycles. The average molecular weight is 322 g/mol. The molecular weight excluding hydrogens is 310 g/mol. The summed E-state index contributed by atoms with van der Waals surface area (Å²) in [5.41, 5.74) is 1.57. The Labute approximate surface area is 118 Å². The van der Waals surface area contributed by atoms with E-state index in [4.69, 9.17) is 5.11 Å². The summed E-state index contributed by atoms with van der Waals surface area (Å²) in [5, 5.41) is 9.74. The number of hydrogen-bond acceptors (Lipinski definition) is 2. The molecule has 0 aliphatic heterocycles. The highest BCUT2D eigenvalue weighted by Crippen LogP contribution is 2.25. The molecule has 0 amide bonds. The van der Waals surface area contributed by atoms with Gasteiger partial charge >= 0.3 is 5.97 Å². The number of hydrogen-bond donors (Lipinski definition) is 1. The molecule has 0 bridgehead atoms. The highest BCUT2D eigenvalue weighted by atomic mass is 79.9. The third-order valence-corrected chi connectivity index (χ3v) is 3.31. The van der Waals surface area contributed by atoms with Gasteiger partial charge in [0.2, 0.25) is 0 Å². The first-order valence-corrected chi connectivity index (χ1v) is 6.40. The van der Waals surface area contributed by atoms with Crippen molar-refractivity contribution in [1.29, 1.82) is 0 Å². The van der Waals surface area contributed by atoms with Crippen LogP contribution in [-0.4, -0.2) is 15.6 Å². The minimum absolute atomic E-state index is 0.140. The van der Waals surface area contributed by atoms with E-state index in [0.717, 1.165) is 5.57 Å². The molecule has 0 fully saturated rings. The van der Waals surface area contributed by atoms with Gasteiger partial charge in [-0.05, 0) is 41.1 Å². The van der Waals surface area contributed by atoms with Crippen LogP contribution < -0.4 is 5.56 Å². The van der Waals surface area contributed by atoms with E-state index in [1.807, 2.05) is 6.92 Å². The van der Waals surface area contributed by atoms with Crippen LogP contribution in [-0.2, 0) is 6.54 Å². The molecule has 5 heteroatoms. The van der Waals surface area contributed by atoms with E-state index >= 15 is 0 Å². The van der Waals surface area contributed by atoms with E-state index < -0.39 is 5.97 Å². The van der Waals surface area contributed by atoms with Gasteiger partial charge in [0.25, 0.3) is 5.56 Å². The van der Waals surface area contributed by atoms with Crippen LogP contribution in [0.15, 0.2) is 45.7 Å². The lowest BCUT2D eigenvalue weighted by molar-refractivity contribution is 0.0697. The second-order valence-corrected chi connectivity index (χ2v) is 5.27. The third kappa shape index (κ3) is 2.61. The zero-order chi connectivity index (χ0) is 14.2. The fourth-order valence-electron chi connectivity index (χ4n) is 1.94. The molecule has 2 aromatic rings. The van der Waals surface area contributed by atoms with Gasteiger partial charge in [0.05, 0.1) is 11.1 Å². The van der Waals surface area contributed by atoms with Crippen molar-refractivity contribution in [1.82, 2.24) is 4.57 Å². The van der Waals surface area contributed by atoms with E-state index in [1.54, 1.807) is 16.7 Å². The first-order valence-electron chi connectivity index (χ1n) is 5.61. The zero-order valence-corrected chi connectivity index (χ0v) is 11.9. The van der Waals surface area contributed by atoms with Crippen molar-refractivity contribution in [2.24, 2.45) is 0 Å². The van der Waals surface area contributed by atoms with Crippen LogP contribution >= 0.6 is 15.9 Å². The molecule has 0 atom stereocenters. The lowest BCUT2D eigenvalue weighted by Crippen LogP contribution is -2.20. The van der Waals surface area contributed by atoms with Crippen LogP contribution in [0.5, 0.6) is 0 Å². The molecule has 0 unspecified atom stereocenters. The quantitative estimate of drug-likeness (QED) is 0.884. The molecule has 19 heavy (non-hydrogen) atoms. The molecule has 0 aliphatic rings. The zero-order valence-electron chi connectivity index (χ0n) is 10.3. The SMILES string of the molecule is C=C(C)Cn1c(=O)ccc2cc(C(=O)O)cc(Br)c21. The summed E-state index contributed by atoms with van der Waals surface area (Å²) < 4.78 is 2.16. The molecule has 0 saturated carbocycles. The van der Waals surface area contributed by atoms with Gasteiger partial charge in [0.1, 0.15) is 0 Å². The second-order valence-electron chi connectivity index (χ2n) is 4.42. The number of allylic oxidation sites excluding steroid dienone is 1. The standard InChI is InChI=1S/C14H12BrNO3/c1-8(2)7-16-12(17)4-3-9-5-10(14(18)19)6-11(15)13(9)16/h3-6H,1,7H2,2H3,(H,18,19). The average Bonchev–Trinajstić information content (AvgIpc) is 2.31. The van der Waals surface area contributed by atoms with Crippen LogP contribution in [0, 0.1) is 0 Å². The Kier molecular flexibility index (Phi) is 3.57. The third-order valence-electron chi connectivity index (χ3n) is 2.71. The molecule has 4 nitrogen and oxygen atoms in total. The summed E-state index contributed by atoms with van der Waals surface area (Å²) >= 11 is 3.34. The van der Waals surface area contributed by atoms with Crippen molar-refractivity contribution in [3.05, 3.63) is 56.8 Å². The van der Waals surface area contributed by atoms with E-state index in [-0.39, 0.29) is 11.1 Å². The Bertz CT molecular complexity index is 746. The monoisotopic (exact) mass is 321 g/mol. The van der Waals surface area contributed by atoms with E-state index in [0.29, 0.717) is 21.9 Å². The van der Waals surface area contributed by atoms with Gasteiger partial charge in [-0.3, -0.25) is 4.79 Å². The van der Waals surface area contributed by atoms with E-state index in [2.05, 4.69) is 22.5 Å². The maximum absolute atomic E-state index is 11.9. The minimum Gasteiger partial charge on any atom is -0.478 e. The van der Waals surface area contributed by atoms with Crippen LogP contribution in [0.2, 0.25) is 0 Å². The molecule has 2 rings (SSSR count). The van der Waals surface area contributed by atoms with Crippen LogP contribution in [0.25, 0.3) is 10.9 Å². The maximum Gasteiger partial charge on any atom is 0.335 e. The Morgan fingerprint density at radius 3 is 2.68 bits per heavy atom. The largest absolute Gasteiger partial charge is 0.478 e. The first-order chi connectivity index (χ1) is 8.90. The van der Waals surface area contributed by atoms with Gasteiger partial charge in [-0.2, -0.15) is 0 Å². The summed E-state index contributed by atoms with van der Waals surface area (Å²) in [6, 6.07) is 6.11. The van der Waals surface area contributed by atoms with E-state index in [1.165, 1.54) is 12.1 Å². The first kappa shape index (κ1) is 13.5. The Balaban J connectivity index is 2.82. The number of fused-ring (bicyclic) bond motifs is 1. The number of aromatic carboxylic acids is 1. The number of carbonyl (C=O) groups is 1. The minimum atomic E-state index is -1.000. The van der Waals surface area contributed by atoms with Crippen molar-refractivity contribution in [3.63, 3.8) is 0 Å². The number of aromatic nitrogens is 1. The van der Waals surface area contributed by atoms with Gasteiger partial charge < -0.3 is 9.67 Å². The molecule has 1 heterocycles.